The van der Waals surface area contributed by atoms with E-state index >= 15 is 0 Å². The van der Waals surface area contributed by atoms with E-state index in [0.717, 1.165) is 38.9 Å². The highest BCUT2D eigenvalue weighted by Gasteiger charge is 2.20. The Kier molecular flexibility index (Phi) is 6.41. The molecule has 1 fully saturated rings. The summed E-state index contributed by atoms with van der Waals surface area (Å²) in [6.07, 6.45) is 4.98. The Morgan fingerprint density at radius 2 is 2.15 bits per heavy atom. The maximum absolute atomic E-state index is 12.7. The van der Waals surface area contributed by atoms with Crippen molar-refractivity contribution in [3.8, 4) is 0 Å². The number of hydrogen-bond donors (Lipinski definition) is 2. The highest BCUT2D eigenvalue weighted by Crippen LogP contribution is 2.15. The normalized spacial score (nSPS) is 18.7. The van der Waals surface area contributed by atoms with Gasteiger partial charge in [-0.05, 0) is 51.5 Å². The lowest BCUT2D eigenvalue weighted by atomic mass is 10.1. The molecule has 3 rings (SSSR count). The molecule has 2 heterocycles. The highest BCUT2D eigenvalue weighted by atomic mass is 16.2. The van der Waals surface area contributed by atoms with Crippen LogP contribution in [0.4, 0.5) is 0 Å². The lowest BCUT2D eigenvalue weighted by Gasteiger charge is -2.23. The number of carbonyl (C=O) groups excluding carboxylic acids is 1. The van der Waals surface area contributed by atoms with E-state index in [-0.39, 0.29) is 11.9 Å². The lowest BCUT2D eigenvalue weighted by Crippen LogP contribution is -2.43. The number of hydrogen-bond acceptors (Lipinski definition) is 4. The summed E-state index contributed by atoms with van der Waals surface area (Å²) in [5.41, 5.74) is 1.71. The summed E-state index contributed by atoms with van der Waals surface area (Å²) < 4.78 is 1.93. The molecule has 140 valence electrons. The van der Waals surface area contributed by atoms with Crippen LogP contribution in [0.25, 0.3) is 0 Å². The molecular formula is C20H29N5O. The molecule has 0 bridgehead atoms. The zero-order chi connectivity index (χ0) is 18.4. The number of aromatic nitrogens is 2. The molecule has 6 nitrogen and oxygen atoms in total. The van der Waals surface area contributed by atoms with Crippen LogP contribution in [0.15, 0.2) is 42.6 Å². The molecular weight excluding hydrogens is 326 g/mol. The Labute approximate surface area is 155 Å². The molecule has 1 saturated heterocycles. The topological polar surface area (TPSA) is 62.2 Å². The molecule has 1 aliphatic heterocycles. The van der Waals surface area contributed by atoms with Crippen molar-refractivity contribution < 1.29 is 4.79 Å². The minimum absolute atomic E-state index is 0.0430. The molecule has 0 aliphatic carbocycles. The summed E-state index contributed by atoms with van der Waals surface area (Å²) in [6.45, 7) is 2.77. The average molecular weight is 355 g/mol. The molecule has 0 spiro atoms. The van der Waals surface area contributed by atoms with Crippen LogP contribution in [0.1, 0.15) is 34.9 Å². The first-order chi connectivity index (χ1) is 12.6. The first-order valence-corrected chi connectivity index (χ1v) is 9.37. The summed E-state index contributed by atoms with van der Waals surface area (Å²) in [5, 5.41) is 11.1. The van der Waals surface area contributed by atoms with Crippen molar-refractivity contribution >= 4 is 5.91 Å². The maximum Gasteiger partial charge on any atom is 0.272 e. The van der Waals surface area contributed by atoms with Crippen LogP contribution in [0.2, 0.25) is 0 Å². The lowest BCUT2D eigenvalue weighted by molar-refractivity contribution is 0.0923. The van der Waals surface area contributed by atoms with Gasteiger partial charge in [-0.1, -0.05) is 30.3 Å². The van der Waals surface area contributed by atoms with Gasteiger partial charge in [0.25, 0.3) is 5.91 Å². The van der Waals surface area contributed by atoms with Crippen molar-refractivity contribution in [1.82, 2.24) is 25.3 Å². The summed E-state index contributed by atoms with van der Waals surface area (Å²) in [7, 11) is 4.05. The number of carbonyl (C=O) groups is 1. The van der Waals surface area contributed by atoms with Crippen LogP contribution in [0.5, 0.6) is 0 Å². The molecule has 0 radical (unpaired) electrons. The second kappa shape index (κ2) is 8.96. The van der Waals surface area contributed by atoms with Crippen molar-refractivity contribution in [1.29, 1.82) is 0 Å². The highest BCUT2D eigenvalue weighted by molar-refractivity contribution is 5.92. The van der Waals surface area contributed by atoms with Crippen molar-refractivity contribution in [3.05, 3.63) is 53.9 Å². The van der Waals surface area contributed by atoms with E-state index in [1.807, 2.05) is 49.2 Å². The average Bonchev–Trinajstić information content (AvgIpc) is 3.13. The van der Waals surface area contributed by atoms with Crippen LogP contribution in [-0.2, 0) is 6.42 Å². The SMILES string of the molecule is CN(C)CC(Cc1ccccc1)NC(=O)c1ccn(C2CCCNC2)n1. The monoisotopic (exact) mass is 355 g/mol. The molecule has 1 aromatic carbocycles. The fourth-order valence-corrected chi connectivity index (χ4v) is 3.48. The molecule has 26 heavy (non-hydrogen) atoms. The molecule has 1 amide bonds. The zero-order valence-corrected chi connectivity index (χ0v) is 15.7. The molecule has 1 aliphatic rings. The number of amides is 1. The maximum atomic E-state index is 12.7. The Balaban J connectivity index is 1.64. The number of benzene rings is 1. The Hall–Kier alpha value is -2.18. The first-order valence-electron chi connectivity index (χ1n) is 9.37. The second-order valence-electron chi connectivity index (χ2n) is 7.30. The summed E-state index contributed by atoms with van der Waals surface area (Å²) in [4.78, 5) is 14.8. The Bertz CT molecular complexity index is 691. The van der Waals surface area contributed by atoms with Crippen LogP contribution in [0.3, 0.4) is 0 Å². The predicted octanol–water partition coefficient (Wildman–Crippen LogP) is 1.71. The molecule has 1 aromatic heterocycles. The van der Waals surface area contributed by atoms with Gasteiger partial charge in [0.15, 0.2) is 0 Å². The van der Waals surface area contributed by atoms with Gasteiger partial charge >= 0.3 is 0 Å². The van der Waals surface area contributed by atoms with E-state index < -0.39 is 0 Å². The van der Waals surface area contributed by atoms with Crippen LogP contribution >= 0.6 is 0 Å². The van der Waals surface area contributed by atoms with E-state index in [1.165, 1.54) is 5.56 Å². The van der Waals surface area contributed by atoms with E-state index in [1.54, 1.807) is 0 Å². The number of piperidine rings is 1. The van der Waals surface area contributed by atoms with Crippen LogP contribution in [-0.4, -0.2) is 60.4 Å². The second-order valence-corrected chi connectivity index (χ2v) is 7.30. The largest absolute Gasteiger partial charge is 0.346 e. The van der Waals surface area contributed by atoms with E-state index in [0.29, 0.717) is 11.7 Å². The van der Waals surface area contributed by atoms with E-state index in [4.69, 9.17) is 0 Å². The molecule has 2 N–H and O–H groups in total. The third kappa shape index (κ3) is 5.16. The van der Waals surface area contributed by atoms with Gasteiger partial charge in [-0.15, -0.1) is 0 Å². The number of nitrogens with zero attached hydrogens (tertiary/aromatic N) is 3. The van der Waals surface area contributed by atoms with Gasteiger partial charge in [-0.25, -0.2) is 0 Å². The molecule has 0 saturated carbocycles. The third-order valence-electron chi connectivity index (χ3n) is 4.73. The van der Waals surface area contributed by atoms with Gasteiger partial charge in [-0.3, -0.25) is 9.48 Å². The van der Waals surface area contributed by atoms with Gasteiger partial charge < -0.3 is 15.5 Å². The minimum atomic E-state index is -0.102. The Morgan fingerprint density at radius 3 is 2.85 bits per heavy atom. The van der Waals surface area contributed by atoms with Crippen molar-refractivity contribution in [2.24, 2.45) is 0 Å². The fraction of sp³-hybridized carbons (Fsp3) is 0.500. The molecule has 2 unspecified atom stereocenters. The molecule has 2 aromatic rings. The summed E-state index contributed by atoms with van der Waals surface area (Å²) >= 11 is 0. The molecule has 2 atom stereocenters. The standard InChI is InChI=1S/C20H29N5O/c1-24(2)15-17(13-16-7-4-3-5-8-16)22-20(26)19-10-12-25(23-19)18-9-6-11-21-14-18/h3-5,7-8,10,12,17-18,21H,6,9,11,13-15H2,1-2H3,(H,22,26). The van der Waals surface area contributed by atoms with Gasteiger partial charge in [0, 0.05) is 25.3 Å². The predicted molar refractivity (Wildman–Crippen MR) is 103 cm³/mol. The Morgan fingerprint density at radius 1 is 1.35 bits per heavy atom. The van der Waals surface area contributed by atoms with Crippen LogP contribution < -0.4 is 10.6 Å². The van der Waals surface area contributed by atoms with Crippen LogP contribution in [0, 0.1) is 0 Å². The third-order valence-corrected chi connectivity index (χ3v) is 4.73. The fourth-order valence-electron chi connectivity index (χ4n) is 3.48. The first kappa shape index (κ1) is 18.6. The summed E-state index contributed by atoms with van der Waals surface area (Å²) in [5.74, 6) is -0.102. The van der Waals surface area contributed by atoms with Crippen molar-refractivity contribution in [2.45, 2.75) is 31.3 Å². The molecule has 6 heteroatoms. The van der Waals surface area contributed by atoms with Crippen molar-refractivity contribution in [2.75, 3.05) is 33.7 Å². The van der Waals surface area contributed by atoms with Gasteiger partial charge in [0.2, 0.25) is 0 Å². The number of rotatable bonds is 7. The smallest absolute Gasteiger partial charge is 0.272 e. The summed E-state index contributed by atoms with van der Waals surface area (Å²) in [6, 6.07) is 12.5. The van der Waals surface area contributed by atoms with Gasteiger partial charge in [0.05, 0.1) is 6.04 Å². The van der Waals surface area contributed by atoms with E-state index in [9.17, 15) is 4.79 Å². The number of nitrogens with one attached hydrogen (secondary N) is 2. The number of likely N-dealkylation sites (N-methyl/N-ethyl adjacent to an activating group) is 1. The van der Waals surface area contributed by atoms with Gasteiger partial charge in [-0.2, -0.15) is 5.10 Å². The van der Waals surface area contributed by atoms with Crippen molar-refractivity contribution in [3.63, 3.8) is 0 Å². The minimum Gasteiger partial charge on any atom is -0.346 e. The van der Waals surface area contributed by atoms with E-state index in [2.05, 4.69) is 32.8 Å². The van der Waals surface area contributed by atoms with Gasteiger partial charge in [0.1, 0.15) is 5.69 Å². The zero-order valence-electron chi connectivity index (χ0n) is 15.7. The quantitative estimate of drug-likeness (QED) is 0.794.